The van der Waals surface area contributed by atoms with E-state index in [2.05, 4.69) is 64.5 Å². The Morgan fingerprint density at radius 3 is 2.64 bits per heavy atom. The first kappa shape index (κ1) is 12.8. The van der Waals surface area contributed by atoms with E-state index in [1.807, 2.05) is 12.1 Å². The minimum absolute atomic E-state index is 0.696. The van der Waals surface area contributed by atoms with Gasteiger partial charge in [0, 0.05) is 5.56 Å². The summed E-state index contributed by atoms with van der Waals surface area (Å²) in [4.78, 5) is 3.57. The summed E-state index contributed by atoms with van der Waals surface area (Å²) in [5, 5.41) is 0. The van der Waals surface area contributed by atoms with Crippen LogP contribution < -0.4 is 4.57 Å². The summed E-state index contributed by atoms with van der Waals surface area (Å²) in [5.74, 6) is 1.16. The van der Waals surface area contributed by atoms with Crippen molar-refractivity contribution in [1.82, 2.24) is 4.57 Å². The molecule has 1 aliphatic rings. The van der Waals surface area contributed by atoms with Crippen LogP contribution in [0.25, 0.3) is 21.9 Å². The highest BCUT2D eigenvalue weighted by Gasteiger charge is 2.31. The lowest BCUT2D eigenvalue weighted by Gasteiger charge is -2.07. The lowest BCUT2D eigenvalue weighted by Crippen LogP contribution is -2.30. The molecule has 0 aliphatic carbocycles. The molecular formula is C19H16N3+. The normalized spacial score (nSPS) is 11.9. The van der Waals surface area contributed by atoms with Crippen LogP contribution >= 0.6 is 0 Å². The minimum atomic E-state index is 0.696. The molecule has 0 saturated heterocycles. The zero-order chi connectivity index (χ0) is 15.3. The molecule has 0 saturated carbocycles. The molecule has 2 aromatic carbocycles. The van der Waals surface area contributed by atoms with E-state index >= 15 is 0 Å². The SMILES string of the molecule is [C-]#[N+]c1ccc2c(c1)-c1n(-c3c(C)cccc3C)cc[n+]1C2. The van der Waals surface area contributed by atoms with Crippen molar-refractivity contribution in [3.8, 4) is 17.1 Å². The second-order valence-corrected chi connectivity index (χ2v) is 5.81. The third-order valence-corrected chi connectivity index (χ3v) is 4.38. The fraction of sp³-hybridized carbons (Fsp3) is 0.158. The van der Waals surface area contributed by atoms with Gasteiger partial charge >= 0.3 is 0 Å². The van der Waals surface area contributed by atoms with Gasteiger partial charge in [0.1, 0.15) is 24.6 Å². The van der Waals surface area contributed by atoms with E-state index in [-0.39, 0.29) is 0 Å². The van der Waals surface area contributed by atoms with Gasteiger partial charge in [0.25, 0.3) is 5.82 Å². The Labute approximate surface area is 129 Å². The molecule has 106 valence electrons. The van der Waals surface area contributed by atoms with Crippen LogP contribution in [0.15, 0.2) is 48.8 Å². The fourth-order valence-electron chi connectivity index (χ4n) is 3.37. The van der Waals surface area contributed by atoms with Crippen molar-refractivity contribution in [3.63, 3.8) is 0 Å². The Balaban J connectivity index is 2.00. The highest BCUT2D eigenvalue weighted by atomic mass is 15.2. The summed E-state index contributed by atoms with van der Waals surface area (Å²) in [6, 6.07) is 12.4. The third-order valence-electron chi connectivity index (χ3n) is 4.38. The minimum Gasteiger partial charge on any atom is -0.238 e. The third kappa shape index (κ3) is 1.71. The molecule has 3 nitrogen and oxygen atoms in total. The van der Waals surface area contributed by atoms with Gasteiger partial charge in [0.15, 0.2) is 5.69 Å². The molecule has 0 radical (unpaired) electrons. The van der Waals surface area contributed by atoms with E-state index in [1.165, 1.54) is 27.9 Å². The van der Waals surface area contributed by atoms with Crippen LogP contribution in [0.1, 0.15) is 16.7 Å². The molecule has 1 aromatic heterocycles. The van der Waals surface area contributed by atoms with Crippen LogP contribution in [0.4, 0.5) is 5.69 Å². The molecule has 3 heteroatoms. The van der Waals surface area contributed by atoms with Crippen molar-refractivity contribution in [2.24, 2.45) is 0 Å². The Morgan fingerprint density at radius 2 is 1.91 bits per heavy atom. The monoisotopic (exact) mass is 286 g/mol. The largest absolute Gasteiger partial charge is 0.293 e. The van der Waals surface area contributed by atoms with Gasteiger partial charge < -0.3 is 0 Å². The maximum Gasteiger partial charge on any atom is 0.293 e. The second-order valence-electron chi connectivity index (χ2n) is 5.81. The Morgan fingerprint density at radius 1 is 1.14 bits per heavy atom. The van der Waals surface area contributed by atoms with Crippen molar-refractivity contribution in [1.29, 1.82) is 0 Å². The molecule has 2 heterocycles. The lowest BCUT2D eigenvalue weighted by molar-refractivity contribution is -0.671. The number of fused-ring (bicyclic) bond motifs is 3. The number of benzene rings is 2. The van der Waals surface area contributed by atoms with Crippen molar-refractivity contribution in [2.45, 2.75) is 20.4 Å². The first-order valence-electron chi connectivity index (χ1n) is 7.37. The highest BCUT2D eigenvalue weighted by molar-refractivity contribution is 5.69. The van der Waals surface area contributed by atoms with Crippen LogP contribution in [0.5, 0.6) is 0 Å². The maximum absolute atomic E-state index is 7.25. The van der Waals surface area contributed by atoms with Crippen molar-refractivity contribution in [2.75, 3.05) is 0 Å². The Bertz CT molecular complexity index is 922. The van der Waals surface area contributed by atoms with Gasteiger partial charge in [-0.3, -0.25) is 0 Å². The average Bonchev–Trinajstić information content (AvgIpc) is 3.06. The van der Waals surface area contributed by atoms with E-state index in [0.29, 0.717) is 5.69 Å². The van der Waals surface area contributed by atoms with Gasteiger partial charge in [-0.05, 0) is 31.0 Å². The van der Waals surface area contributed by atoms with Gasteiger partial charge in [0.05, 0.1) is 12.1 Å². The number of rotatable bonds is 1. The van der Waals surface area contributed by atoms with E-state index in [0.717, 1.165) is 12.4 Å². The molecule has 22 heavy (non-hydrogen) atoms. The number of para-hydroxylation sites is 1. The summed E-state index contributed by atoms with van der Waals surface area (Å²) in [7, 11) is 0. The molecule has 3 aromatic rings. The van der Waals surface area contributed by atoms with Crippen molar-refractivity contribution in [3.05, 3.63) is 76.9 Å². The number of nitrogens with zero attached hydrogens (tertiary/aromatic N) is 3. The van der Waals surface area contributed by atoms with Crippen LogP contribution in [0, 0.1) is 20.4 Å². The summed E-state index contributed by atoms with van der Waals surface area (Å²) in [6.07, 6.45) is 4.25. The fourth-order valence-corrected chi connectivity index (χ4v) is 3.37. The highest BCUT2D eigenvalue weighted by Crippen LogP contribution is 2.33. The number of aryl methyl sites for hydroxylation is 2. The maximum atomic E-state index is 7.25. The first-order valence-corrected chi connectivity index (χ1v) is 7.37. The summed E-state index contributed by atoms with van der Waals surface area (Å²) in [5.41, 5.74) is 6.89. The summed E-state index contributed by atoms with van der Waals surface area (Å²) < 4.78 is 4.51. The lowest BCUT2D eigenvalue weighted by atomic mass is 10.1. The predicted octanol–water partition coefficient (Wildman–Crippen LogP) is 3.96. The standard InChI is InChI=1S/C19H16N3/c1-13-5-4-6-14(2)18(13)22-10-9-21-12-15-7-8-16(20-3)11-17(15)19(21)22/h4-11H,12H2,1-2H3/q+1. The smallest absolute Gasteiger partial charge is 0.238 e. The van der Waals surface area contributed by atoms with Gasteiger partial charge in [-0.2, -0.15) is 4.57 Å². The zero-order valence-electron chi connectivity index (χ0n) is 12.7. The second kappa shape index (κ2) is 4.57. The molecule has 0 fully saturated rings. The zero-order valence-corrected chi connectivity index (χ0v) is 12.7. The van der Waals surface area contributed by atoms with Gasteiger partial charge in [-0.15, -0.1) is 0 Å². The predicted molar refractivity (Wildman–Crippen MR) is 86.2 cm³/mol. The van der Waals surface area contributed by atoms with Gasteiger partial charge in [-0.25, -0.2) is 9.41 Å². The number of aromatic nitrogens is 2. The quantitative estimate of drug-likeness (QED) is 0.371. The van der Waals surface area contributed by atoms with Gasteiger partial charge in [0.2, 0.25) is 0 Å². The molecule has 4 rings (SSSR count). The molecule has 1 aliphatic heterocycles. The van der Waals surface area contributed by atoms with Crippen LogP contribution in [-0.4, -0.2) is 4.57 Å². The topological polar surface area (TPSA) is 13.2 Å². The summed E-state index contributed by atoms with van der Waals surface area (Å²) >= 11 is 0. The van der Waals surface area contributed by atoms with Crippen molar-refractivity contribution < 1.29 is 4.57 Å². The number of hydrogen-bond acceptors (Lipinski definition) is 0. The molecule has 0 atom stereocenters. The van der Waals surface area contributed by atoms with E-state index in [1.54, 1.807) is 0 Å². The summed E-state index contributed by atoms with van der Waals surface area (Å²) in [6.45, 7) is 12.4. The average molecular weight is 286 g/mol. The van der Waals surface area contributed by atoms with Crippen LogP contribution in [0.3, 0.4) is 0 Å². The molecule has 0 amide bonds. The molecule has 0 N–H and O–H groups in total. The molecule has 0 bridgehead atoms. The van der Waals surface area contributed by atoms with Crippen LogP contribution in [0.2, 0.25) is 0 Å². The molecule has 0 spiro atoms. The Kier molecular flexibility index (Phi) is 2.67. The molecule has 0 unspecified atom stereocenters. The molecular weight excluding hydrogens is 270 g/mol. The van der Waals surface area contributed by atoms with E-state index in [4.69, 9.17) is 6.57 Å². The number of imidazole rings is 1. The van der Waals surface area contributed by atoms with Crippen LogP contribution in [-0.2, 0) is 6.54 Å². The van der Waals surface area contributed by atoms with E-state index < -0.39 is 0 Å². The number of hydrogen-bond donors (Lipinski definition) is 0. The van der Waals surface area contributed by atoms with Gasteiger partial charge in [-0.1, -0.05) is 30.3 Å². The Hall–Kier alpha value is -2.86. The van der Waals surface area contributed by atoms with Crippen molar-refractivity contribution >= 4 is 5.69 Å². The first-order chi connectivity index (χ1) is 10.7. The van der Waals surface area contributed by atoms with E-state index in [9.17, 15) is 0 Å².